The van der Waals surface area contributed by atoms with E-state index in [1.807, 2.05) is 40.8 Å². The molecule has 0 amide bonds. The second kappa shape index (κ2) is 7.36. The molecule has 1 atom stereocenters. The van der Waals surface area contributed by atoms with E-state index in [-0.39, 0.29) is 6.04 Å². The Balaban J connectivity index is 2.87. The van der Waals surface area contributed by atoms with Gasteiger partial charge in [0.15, 0.2) is 0 Å². The number of aromatic nitrogens is 2. The van der Waals surface area contributed by atoms with Crippen LogP contribution in [0.3, 0.4) is 0 Å². The highest BCUT2D eigenvalue weighted by atomic mass is 32.7. The maximum atomic E-state index is 12.5. The molecule has 19 heavy (non-hydrogen) atoms. The summed E-state index contributed by atoms with van der Waals surface area (Å²) in [6.45, 7) is 6.99. The van der Waals surface area contributed by atoms with Gasteiger partial charge in [-0.2, -0.15) is 0 Å². The number of hydrogen-bond acceptors (Lipinski definition) is 5. The molecule has 0 radical (unpaired) electrons. The number of aryl methyl sites for hydroxylation is 1. The average Bonchev–Trinajstić information content (AvgIpc) is 2.69. The molecule has 1 unspecified atom stereocenters. The van der Waals surface area contributed by atoms with Gasteiger partial charge in [0.25, 0.3) is 0 Å². The third-order valence-corrected chi connectivity index (χ3v) is 6.25. The maximum Gasteiger partial charge on any atom is 0.441 e. The molecule has 0 aromatic carbocycles. The minimum atomic E-state index is -3.16. The van der Waals surface area contributed by atoms with E-state index in [1.165, 1.54) is 11.4 Å². The fraction of sp³-hybridized carbons (Fsp3) is 0.750. The van der Waals surface area contributed by atoms with Crippen molar-refractivity contribution in [3.8, 4) is 5.88 Å². The van der Waals surface area contributed by atoms with E-state index in [1.54, 1.807) is 4.68 Å². The fourth-order valence-electron chi connectivity index (χ4n) is 1.38. The summed E-state index contributed by atoms with van der Waals surface area (Å²) in [6.07, 6.45) is 2.81. The molecule has 0 bridgehead atoms. The monoisotopic (exact) mass is 306 g/mol. The molecule has 110 valence electrons. The van der Waals surface area contributed by atoms with E-state index >= 15 is 0 Å². The molecular weight excluding hydrogens is 283 g/mol. The summed E-state index contributed by atoms with van der Waals surface area (Å²) in [5.41, 5.74) is 0.866. The minimum Gasteiger partial charge on any atom is -0.397 e. The fourth-order valence-corrected chi connectivity index (χ4v) is 4.80. The van der Waals surface area contributed by atoms with Crippen LogP contribution in [-0.4, -0.2) is 22.1 Å². The molecule has 0 saturated heterocycles. The Kier molecular flexibility index (Phi) is 6.43. The predicted molar refractivity (Wildman–Crippen MR) is 80.0 cm³/mol. The second-order valence-corrected chi connectivity index (χ2v) is 8.60. The van der Waals surface area contributed by atoms with E-state index in [0.717, 1.165) is 17.7 Å². The van der Waals surface area contributed by atoms with Crippen molar-refractivity contribution in [3.05, 3.63) is 11.8 Å². The van der Waals surface area contributed by atoms with Crippen LogP contribution in [0, 0.1) is 6.92 Å². The largest absolute Gasteiger partial charge is 0.441 e. The van der Waals surface area contributed by atoms with Gasteiger partial charge < -0.3 is 4.52 Å². The molecule has 1 aromatic rings. The third kappa shape index (κ3) is 4.86. The van der Waals surface area contributed by atoms with Crippen LogP contribution in [0.4, 0.5) is 0 Å². The van der Waals surface area contributed by atoms with Crippen LogP contribution in [0.25, 0.3) is 0 Å². The van der Waals surface area contributed by atoms with Gasteiger partial charge in [-0.15, -0.1) is 5.10 Å². The van der Waals surface area contributed by atoms with Crippen molar-refractivity contribution >= 4 is 18.2 Å². The zero-order chi connectivity index (χ0) is 14.5. The van der Waals surface area contributed by atoms with Crippen LogP contribution in [0.5, 0.6) is 5.88 Å². The molecular formula is C12H23N2O3PS. The lowest BCUT2D eigenvalue weighted by Crippen LogP contribution is -2.02. The lowest BCUT2D eigenvalue weighted by atomic mass is 10.4. The molecule has 0 aliphatic carbocycles. The number of hydrogen-bond donors (Lipinski definition) is 0. The van der Waals surface area contributed by atoms with E-state index in [2.05, 4.69) is 5.10 Å². The van der Waals surface area contributed by atoms with Crippen molar-refractivity contribution in [3.63, 3.8) is 0 Å². The first kappa shape index (κ1) is 16.6. The molecule has 0 N–H and O–H groups in total. The lowest BCUT2D eigenvalue weighted by molar-refractivity contribution is 0.292. The molecule has 1 aromatic heterocycles. The molecule has 7 heteroatoms. The summed E-state index contributed by atoms with van der Waals surface area (Å²) in [6, 6.07) is 0.242. The van der Waals surface area contributed by atoms with Crippen LogP contribution in [0.1, 0.15) is 45.7 Å². The summed E-state index contributed by atoms with van der Waals surface area (Å²) in [5, 5.41) is 4.31. The van der Waals surface area contributed by atoms with E-state index < -0.39 is 6.80 Å². The summed E-state index contributed by atoms with van der Waals surface area (Å²) in [7, 11) is 0. The molecule has 0 spiro atoms. The highest BCUT2D eigenvalue weighted by molar-refractivity contribution is 8.55. The summed E-state index contributed by atoms with van der Waals surface area (Å²) in [4.78, 5) is 0. The van der Waals surface area contributed by atoms with Crippen LogP contribution in [0.2, 0.25) is 0 Å². The Morgan fingerprint density at radius 3 is 2.63 bits per heavy atom. The van der Waals surface area contributed by atoms with Gasteiger partial charge in [0.05, 0.1) is 6.61 Å². The minimum absolute atomic E-state index is 0.242. The molecule has 0 aliphatic rings. The summed E-state index contributed by atoms with van der Waals surface area (Å²) >= 11 is 1.23. The predicted octanol–water partition coefficient (Wildman–Crippen LogP) is 4.44. The van der Waals surface area contributed by atoms with Crippen molar-refractivity contribution < 1.29 is 13.6 Å². The zero-order valence-corrected chi connectivity index (χ0v) is 14.0. The van der Waals surface area contributed by atoms with Crippen LogP contribution in [-0.2, 0) is 9.09 Å². The molecule has 0 saturated carbocycles. The first-order chi connectivity index (χ1) is 8.91. The van der Waals surface area contributed by atoms with Gasteiger partial charge in [-0.3, -0.25) is 9.21 Å². The van der Waals surface area contributed by atoms with Gasteiger partial charge in [0, 0.05) is 23.6 Å². The zero-order valence-electron chi connectivity index (χ0n) is 12.3. The van der Waals surface area contributed by atoms with Crippen molar-refractivity contribution in [1.29, 1.82) is 0 Å². The Bertz CT molecular complexity index is 448. The maximum absolute atomic E-state index is 12.5. The van der Waals surface area contributed by atoms with Gasteiger partial charge >= 0.3 is 6.80 Å². The van der Waals surface area contributed by atoms with Crippen LogP contribution >= 0.6 is 18.2 Å². The third-order valence-electron chi connectivity index (χ3n) is 2.34. The van der Waals surface area contributed by atoms with Gasteiger partial charge in [0.2, 0.25) is 5.88 Å². The highest BCUT2D eigenvalue weighted by Gasteiger charge is 2.28. The Morgan fingerprint density at radius 2 is 2.16 bits per heavy atom. The number of rotatable bonds is 8. The van der Waals surface area contributed by atoms with E-state index in [4.69, 9.17) is 9.05 Å². The summed E-state index contributed by atoms with van der Waals surface area (Å²) < 4.78 is 25.2. The van der Waals surface area contributed by atoms with Crippen molar-refractivity contribution in [1.82, 2.24) is 9.78 Å². The standard InChI is InChI=1S/C12H23N2O3PS/c1-6-8-19-18(15,16-7-2)17-12-11(5)9-14(13-12)10(3)4/h9-10H,6-8H2,1-5H3. The van der Waals surface area contributed by atoms with Gasteiger partial charge in [-0.1, -0.05) is 6.92 Å². The molecule has 5 nitrogen and oxygen atoms in total. The smallest absolute Gasteiger partial charge is 0.397 e. The van der Waals surface area contributed by atoms with Crippen molar-refractivity contribution in [2.45, 2.75) is 47.1 Å². The van der Waals surface area contributed by atoms with Gasteiger partial charge in [-0.25, -0.2) is 4.57 Å². The first-order valence-electron chi connectivity index (χ1n) is 6.56. The Morgan fingerprint density at radius 1 is 1.47 bits per heavy atom. The lowest BCUT2D eigenvalue weighted by Gasteiger charge is -2.16. The quantitative estimate of drug-likeness (QED) is 0.665. The van der Waals surface area contributed by atoms with Gasteiger partial charge in [-0.05, 0) is 45.5 Å². The second-order valence-electron chi connectivity index (χ2n) is 4.48. The normalized spacial score (nSPS) is 14.6. The van der Waals surface area contributed by atoms with Gasteiger partial charge in [0.1, 0.15) is 0 Å². The van der Waals surface area contributed by atoms with Crippen molar-refractivity contribution in [2.75, 3.05) is 12.4 Å². The van der Waals surface area contributed by atoms with Crippen molar-refractivity contribution in [2.24, 2.45) is 0 Å². The average molecular weight is 306 g/mol. The molecule has 1 rings (SSSR count). The van der Waals surface area contributed by atoms with E-state index in [0.29, 0.717) is 12.5 Å². The van der Waals surface area contributed by atoms with Crippen LogP contribution in [0.15, 0.2) is 6.20 Å². The number of nitrogens with zero attached hydrogens (tertiary/aromatic N) is 2. The SMILES string of the molecule is CCCSP(=O)(OCC)Oc1nn(C(C)C)cc1C. The van der Waals surface area contributed by atoms with Crippen LogP contribution < -0.4 is 4.52 Å². The summed E-state index contributed by atoms with van der Waals surface area (Å²) in [5.74, 6) is 1.13. The topological polar surface area (TPSA) is 53.4 Å². The molecule has 0 aliphatic heterocycles. The molecule has 1 heterocycles. The first-order valence-corrected chi connectivity index (χ1v) is 9.69. The van der Waals surface area contributed by atoms with E-state index in [9.17, 15) is 4.57 Å². The molecule has 0 fully saturated rings. The Hall–Kier alpha value is -0.450. The Labute approximate surface area is 119 Å². The highest BCUT2D eigenvalue weighted by Crippen LogP contribution is 2.60.